The van der Waals surface area contributed by atoms with E-state index < -0.39 is 0 Å². The highest BCUT2D eigenvalue weighted by atomic mass is 16.2. The monoisotopic (exact) mass is 221 g/mol. The normalized spacial score (nSPS) is 14.9. The molecule has 2 heteroatoms. The van der Waals surface area contributed by atoms with Gasteiger partial charge in [0.15, 0.2) is 0 Å². The molecule has 0 fully saturated rings. The molecule has 16 heavy (non-hydrogen) atoms. The molecule has 3 N–H and O–H groups in total. The maximum atomic E-state index is 8.90. The molecule has 0 spiro atoms. The minimum Gasteiger partial charge on any atom is -0.396 e. The van der Waals surface area contributed by atoms with Crippen molar-refractivity contribution in [2.24, 2.45) is 5.73 Å². The molecule has 0 aromatic heterocycles. The Morgan fingerprint density at radius 3 is 2.12 bits per heavy atom. The van der Waals surface area contributed by atoms with Crippen LogP contribution in [0, 0.1) is 20.8 Å². The molecule has 0 aliphatic heterocycles. The van der Waals surface area contributed by atoms with E-state index in [1.807, 2.05) is 6.92 Å². The third-order valence-corrected chi connectivity index (χ3v) is 3.10. The second-order valence-corrected chi connectivity index (χ2v) is 5.02. The Labute approximate surface area is 98.5 Å². The first-order valence-corrected chi connectivity index (χ1v) is 5.86. The van der Waals surface area contributed by atoms with Gasteiger partial charge in [-0.2, -0.15) is 0 Å². The quantitative estimate of drug-likeness (QED) is 0.820. The maximum absolute atomic E-state index is 8.90. The Bertz CT molecular complexity index is 346. The van der Waals surface area contributed by atoms with E-state index in [4.69, 9.17) is 10.8 Å². The van der Waals surface area contributed by atoms with Gasteiger partial charge in [0.05, 0.1) is 0 Å². The number of hydrogen-bond donors (Lipinski definition) is 2. The Kier molecular flexibility index (Phi) is 4.11. The van der Waals surface area contributed by atoms with Gasteiger partial charge in [-0.25, -0.2) is 0 Å². The van der Waals surface area contributed by atoms with E-state index in [1.165, 1.54) is 22.3 Å². The van der Waals surface area contributed by atoms with Crippen LogP contribution >= 0.6 is 0 Å². The molecule has 0 saturated carbocycles. The summed E-state index contributed by atoms with van der Waals surface area (Å²) in [6.07, 6.45) is 1.56. The molecule has 90 valence electrons. The third kappa shape index (κ3) is 2.83. The lowest BCUT2D eigenvalue weighted by molar-refractivity contribution is 0.265. The van der Waals surface area contributed by atoms with Crippen LogP contribution in [-0.2, 0) is 5.54 Å². The Morgan fingerprint density at radius 1 is 1.19 bits per heavy atom. The van der Waals surface area contributed by atoms with E-state index >= 15 is 0 Å². The number of benzene rings is 1. The average Bonchev–Trinajstić information content (AvgIpc) is 2.12. The smallest absolute Gasteiger partial charge is 0.0431 e. The summed E-state index contributed by atoms with van der Waals surface area (Å²) in [5.74, 6) is 0. The third-order valence-electron chi connectivity index (χ3n) is 3.10. The van der Waals surface area contributed by atoms with Crippen LogP contribution in [0.3, 0.4) is 0 Å². The molecule has 0 amide bonds. The van der Waals surface area contributed by atoms with Crippen molar-refractivity contribution in [3.63, 3.8) is 0 Å². The van der Waals surface area contributed by atoms with Crippen molar-refractivity contribution in [1.29, 1.82) is 0 Å². The molecule has 1 rings (SSSR count). The fourth-order valence-electron chi connectivity index (χ4n) is 2.65. The topological polar surface area (TPSA) is 46.2 Å². The highest BCUT2D eigenvalue weighted by Crippen LogP contribution is 2.29. The van der Waals surface area contributed by atoms with Crippen molar-refractivity contribution in [2.45, 2.75) is 46.1 Å². The summed E-state index contributed by atoms with van der Waals surface area (Å²) < 4.78 is 0. The molecule has 1 atom stereocenters. The van der Waals surface area contributed by atoms with E-state index in [0.717, 1.165) is 12.8 Å². The van der Waals surface area contributed by atoms with E-state index in [0.29, 0.717) is 0 Å². The van der Waals surface area contributed by atoms with Gasteiger partial charge in [0.2, 0.25) is 0 Å². The SMILES string of the molecule is Cc1cc(C)c(C(C)(N)CCCO)c(C)c1. The van der Waals surface area contributed by atoms with Gasteiger partial charge in [-0.05, 0) is 57.2 Å². The lowest BCUT2D eigenvalue weighted by Crippen LogP contribution is -2.35. The van der Waals surface area contributed by atoms with Crippen molar-refractivity contribution < 1.29 is 5.11 Å². The molecule has 0 bridgehead atoms. The molecule has 0 radical (unpaired) electrons. The van der Waals surface area contributed by atoms with Crippen LogP contribution in [0.1, 0.15) is 42.0 Å². The van der Waals surface area contributed by atoms with Gasteiger partial charge in [0, 0.05) is 12.1 Å². The van der Waals surface area contributed by atoms with Gasteiger partial charge in [0.25, 0.3) is 0 Å². The van der Waals surface area contributed by atoms with Crippen LogP contribution in [0.4, 0.5) is 0 Å². The molecular formula is C14H23NO. The molecular weight excluding hydrogens is 198 g/mol. The Morgan fingerprint density at radius 2 is 1.69 bits per heavy atom. The molecule has 1 aromatic carbocycles. The van der Waals surface area contributed by atoms with E-state index in [9.17, 15) is 0 Å². The Balaban J connectivity index is 3.11. The summed E-state index contributed by atoms with van der Waals surface area (Å²) in [6.45, 7) is 8.58. The fraction of sp³-hybridized carbons (Fsp3) is 0.571. The van der Waals surface area contributed by atoms with Crippen LogP contribution in [0.25, 0.3) is 0 Å². The molecule has 0 saturated heterocycles. The van der Waals surface area contributed by atoms with Crippen LogP contribution in [-0.4, -0.2) is 11.7 Å². The second-order valence-electron chi connectivity index (χ2n) is 5.02. The predicted octanol–water partition coefficient (Wildman–Crippen LogP) is 2.56. The zero-order valence-electron chi connectivity index (χ0n) is 10.8. The largest absolute Gasteiger partial charge is 0.396 e. The number of aryl methyl sites for hydroxylation is 3. The standard InChI is InChI=1S/C14H23NO/c1-10-8-11(2)13(12(3)9-10)14(4,15)6-5-7-16/h8-9,16H,5-7,15H2,1-4H3. The summed E-state index contributed by atoms with van der Waals surface area (Å²) in [6, 6.07) is 4.35. The number of nitrogens with two attached hydrogens (primary N) is 1. The van der Waals surface area contributed by atoms with Crippen LogP contribution in [0.2, 0.25) is 0 Å². The molecule has 0 heterocycles. The summed E-state index contributed by atoms with van der Waals surface area (Å²) in [5, 5.41) is 8.90. The second kappa shape index (κ2) is 4.98. The molecule has 1 aromatic rings. The van der Waals surface area contributed by atoms with E-state index in [-0.39, 0.29) is 12.1 Å². The first kappa shape index (κ1) is 13.2. The summed E-state index contributed by atoms with van der Waals surface area (Å²) in [4.78, 5) is 0. The summed E-state index contributed by atoms with van der Waals surface area (Å²) in [5.41, 5.74) is 11.0. The Hall–Kier alpha value is -0.860. The summed E-state index contributed by atoms with van der Waals surface area (Å²) in [7, 11) is 0. The van der Waals surface area contributed by atoms with Crippen molar-refractivity contribution in [3.8, 4) is 0 Å². The molecule has 0 aliphatic rings. The highest BCUT2D eigenvalue weighted by Gasteiger charge is 2.24. The molecule has 1 unspecified atom stereocenters. The zero-order chi connectivity index (χ0) is 12.3. The zero-order valence-corrected chi connectivity index (χ0v) is 10.8. The van der Waals surface area contributed by atoms with E-state index in [1.54, 1.807) is 0 Å². The van der Waals surface area contributed by atoms with Crippen molar-refractivity contribution >= 4 is 0 Å². The summed E-state index contributed by atoms with van der Waals surface area (Å²) >= 11 is 0. The number of aliphatic hydroxyl groups excluding tert-OH is 1. The number of aliphatic hydroxyl groups is 1. The fourth-order valence-corrected chi connectivity index (χ4v) is 2.65. The minimum absolute atomic E-state index is 0.205. The average molecular weight is 221 g/mol. The van der Waals surface area contributed by atoms with Gasteiger partial charge < -0.3 is 10.8 Å². The maximum Gasteiger partial charge on any atom is 0.0431 e. The van der Waals surface area contributed by atoms with Crippen LogP contribution in [0.5, 0.6) is 0 Å². The minimum atomic E-state index is -0.343. The van der Waals surface area contributed by atoms with Gasteiger partial charge in [-0.3, -0.25) is 0 Å². The highest BCUT2D eigenvalue weighted by molar-refractivity contribution is 5.41. The van der Waals surface area contributed by atoms with Crippen molar-refractivity contribution in [3.05, 3.63) is 34.4 Å². The number of hydrogen-bond acceptors (Lipinski definition) is 2. The molecule has 2 nitrogen and oxygen atoms in total. The first-order valence-electron chi connectivity index (χ1n) is 5.86. The van der Waals surface area contributed by atoms with Gasteiger partial charge in [0.1, 0.15) is 0 Å². The predicted molar refractivity (Wildman–Crippen MR) is 68.5 cm³/mol. The lowest BCUT2D eigenvalue weighted by Gasteiger charge is -2.29. The van der Waals surface area contributed by atoms with Crippen LogP contribution in [0.15, 0.2) is 12.1 Å². The lowest BCUT2D eigenvalue weighted by atomic mass is 9.82. The van der Waals surface area contributed by atoms with Gasteiger partial charge in [-0.1, -0.05) is 17.7 Å². The van der Waals surface area contributed by atoms with Gasteiger partial charge >= 0.3 is 0 Å². The molecule has 0 aliphatic carbocycles. The van der Waals surface area contributed by atoms with Crippen molar-refractivity contribution in [2.75, 3.05) is 6.61 Å². The number of rotatable bonds is 4. The van der Waals surface area contributed by atoms with Crippen LogP contribution < -0.4 is 5.73 Å². The van der Waals surface area contributed by atoms with Gasteiger partial charge in [-0.15, -0.1) is 0 Å². The van der Waals surface area contributed by atoms with Crippen molar-refractivity contribution in [1.82, 2.24) is 0 Å². The van der Waals surface area contributed by atoms with E-state index in [2.05, 4.69) is 32.9 Å². The first-order chi connectivity index (χ1) is 7.38.